The minimum Gasteiger partial charge on any atom is -0.310 e. The summed E-state index contributed by atoms with van der Waals surface area (Å²) in [5, 5.41) is 3.65. The molecular formula is C13H19N. The third kappa shape index (κ3) is 2.36. The standard InChI is InChI=1S/C13H19N/c1-11-6-5-9-13(11)14-10-12-7-3-2-4-8-12/h2-4,7-8,11,13-14H,5-6,9-10H2,1H3/t11-,13+/m1/s1. The molecule has 1 fully saturated rings. The molecule has 2 rings (SSSR count). The highest BCUT2D eigenvalue weighted by Crippen LogP contribution is 2.24. The fourth-order valence-corrected chi connectivity index (χ4v) is 2.29. The topological polar surface area (TPSA) is 12.0 Å². The zero-order chi connectivity index (χ0) is 9.80. The molecule has 0 radical (unpaired) electrons. The first-order valence-corrected chi connectivity index (χ1v) is 5.63. The summed E-state index contributed by atoms with van der Waals surface area (Å²) in [6, 6.07) is 11.4. The molecule has 1 aliphatic rings. The van der Waals surface area contributed by atoms with Gasteiger partial charge in [0.05, 0.1) is 0 Å². The maximum atomic E-state index is 3.65. The lowest BCUT2D eigenvalue weighted by atomic mass is 10.1. The minimum atomic E-state index is 0.746. The maximum absolute atomic E-state index is 3.65. The van der Waals surface area contributed by atoms with Gasteiger partial charge in [-0.05, 0) is 24.3 Å². The van der Waals surface area contributed by atoms with E-state index in [-0.39, 0.29) is 0 Å². The van der Waals surface area contributed by atoms with Crippen molar-refractivity contribution in [1.29, 1.82) is 0 Å². The number of rotatable bonds is 3. The molecule has 1 N–H and O–H groups in total. The maximum Gasteiger partial charge on any atom is 0.0208 e. The Morgan fingerprint density at radius 2 is 2.00 bits per heavy atom. The van der Waals surface area contributed by atoms with Gasteiger partial charge in [0.25, 0.3) is 0 Å². The molecule has 14 heavy (non-hydrogen) atoms. The minimum absolute atomic E-state index is 0.746. The Balaban J connectivity index is 1.82. The van der Waals surface area contributed by atoms with Gasteiger partial charge in [-0.1, -0.05) is 43.7 Å². The summed E-state index contributed by atoms with van der Waals surface area (Å²) in [7, 11) is 0. The van der Waals surface area contributed by atoms with Crippen LogP contribution in [0.15, 0.2) is 30.3 Å². The first-order valence-electron chi connectivity index (χ1n) is 5.63. The lowest BCUT2D eigenvalue weighted by molar-refractivity contribution is 0.426. The zero-order valence-corrected chi connectivity index (χ0v) is 8.87. The molecular weight excluding hydrogens is 170 g/mol. The third-order valence-electron chi connectivity index (χ3n) is 3.27. The van der Waals surface area contributed by atoms with Gasteiger partial charge in [0.15, 0.2) is 0 Å². The Morgan fingerprint density at radius 3 is 2.64 bits per heavy atom. The molecule has 0 saturated heterocycles. The fraction of sp³-hybridized carbons (Fsp3) is 0.538. The first-order chi connectivity index (χ1) is 6.86. The predicted molar refractivity (Wildman–Crippen MR) is 60.1 cm³/mol. The molecule has 0 bridgehead atoms. The molecule has 0 amide bonds. The lowest BCUT2D eigenvalue weighted by Gasteiger charge is -2.17. The van der Waals surface area contributed by atoms with E-state index < -0.39 is 0 Å². The highest BCUT2D eigenvalue weighted by atomic mass is 14.9. The summed E-state index contributed by atoms with van der Waals surface area (Å²) in [5.41, 5.74) is 1.40. The van der Waals surface area contributed by atoms with Crippen LogP contribution in [0.4, 0.5) is 0 Å². The van der Waals surface area contributed by atoms with E-state index in [2.05, 4.69) is 42.6 Å². The fourth-order valence-electron chi connectivity index (χ4n) is 2.29. The molecule has 0 unspecified atom stereocenters. The van der Waals surface area contributed by atoms with E-state index in [1.165, 1.54) is 24.8 Å². The Labute approximate surface area is 86.5 Å². The average molecular weight is 189 g/mol. The van der Waals surface area contributed by atoms with Gasteiger partial charge in [-0.15, -0.1) is 0 Å². The molecule has 1 aromatic carbocycles. The van der Waals surface area contributed by atoms with Crippen molar-refractivity contribution in [3.8, 4) is 0 Å². The van der Waals surface area contributed by atoms with Crippen molar-refractivity contribution in [3.05, 3.63) is 35.9 Å². The van der Waals surface area contributed by atoms with Crippen molar-refractivity contribution >= 4 is 0 Å². The summed E-state index contributed by atoms with van der Waals surface area (Å²) < 4.78 is 0. The van der Waals surface area contributed by atoms with E-state index in [9.17, 15) is 0 Å². The van der Waals surface area contributed by atoms with Gasteiger partial charge in [-0.3, -0.25) is 0 Å². The van der Waals surface area contributed by atoms with Crippen LogP contribution < -0.4 is 5.32 Å². The Kier molecular flexibility index (Phi) is 3.20. The quantitative estimate of drug-likeness (QED) is 0.771. The van der Waals surface area contributed by atoms with Crippen molar-refractivity contribution < 1.29 is 0 Å². The monoisotopic (exact) mass is 189 g/mol. The van der Waals surface area contributed by atoms with Crippen LogP contribution in [0.1, 0.15) is 31.7 Å². The van der Waals surface area contributed by atoms with Crippen molar-refractivity contribution in [1.82, 2.24) is 5.32 Å². The summed E-state index contributed by atoms with van der Waals surface area (Å²) >= 11 is 0. The Hall–Kier alpha value is -0.820. The predicted octanol–water partition coefficient (Wildman–Crippen LogP) is 2.96. The van der Waals surface area contributed by atoms with Crippen LogP contribution in [0.3, 0.4) is 0 Å². The van der Waals surface area contributed by atoms with Crippen LogP contribution in [0, 0.1) is 5.92 Å². The van der Waals surface area contributed by atoms with E-state index in [4.69, 9.17) is 0 Å². The molecule has 0 aliphatic heterocycles. The highest BCUT2D eigenvalue weighted by Gasteiger charge is 2.22. The molecule has 1 aliphatic carbocycles. The second kappa shape index (κ2) is 4.61. The van der Waals surface area contributed by atoms with Crippen LogP contribution in [0.5, 0.6) is 0 Å². The van der Waals surface area contributed by atoms with E-state index in [1.54, 1.807) is 0 Å². The molecule has 1 aromatic rings. The second-order valence-electron chi connectivity index (χ2n) is 4.38. The summed E-state index contributed by atoms with van der Waals surface area (Å²) in [4.78, 5) is 0. The summed E-state index contributed by atoms with van der Waals surface area (Å²) in [6.45, 7) is 3.38. The molecule has 1 saturated carbocycles. The SMILES string of the molecule is C[C@@H]1CCC[C@@H]1NCc1ccccc1. The van der Waals surface area contributed by atoms with Crippen LogP contribution in [0.2, 0.25) is 0 Å². The molecule has 1 heteroatoms. The molecule has 0 spiro atoms. The number of benzene rings is 1. The Bertz CT molecular complexity index is 268. The first kappa shape index (κ1) is 9.72. The highest BCUT2D eigenvalue weighted by molar-refractivity contribution is 5.14. The van der Waals surface area contributed by atoms with Crippen molar-refractivity contribution in [2.24, 2.45) is 5.92 Å². The van der Waals surface area contributed by atoms with Crippen LogP contribution in [-0.2, 0) is 6.54 Å². The summed E-state index contributed by atoms with van der Waals surface area (Å²) in [5.74, 6) is 0.860. The molecule has 1 nitrogen and oxygen atoms in total. The van der Waals surface area contributed by atoms with Gasteiger partial charge in [0, 0.05) is 12.6 Å². The largest absolute Gasteiger partial charge is 0.310 e. The molecule has 0 aromatic heterocycles. The van der Waals surface area contributed by atoms with Gasteiger partial charge in [-0.25, -0.2) is 0 Å². The number of hydrogen-bond acceptors (Lipinski definition) is 1. The van der Waals surface area contributed by atoms with E-state index in [0.717, 1.165) is 18.5 Å². The average Bonchev–Trinajstić information content (AvgIpc) is 2.63. The second-order valence-corrected chi connectivity index (χ2v) is 4.38. The van der Waals surface area contributed by atoms with Gasteiger partial charge in [-0.2, -0.15) is 0 Å². The van der Waals surface area contributed by atoms with Gasteiger partial charge in [0.2, 0.25) is 0 Å². The van der Waals surface area contributed by atoms with Crippen LogP contribution in [-0.4, -0.2) is 6.04 Å². The van der Waals surface area contributed by atoms with Crippen molar-refractivity contribution in [3.63, 3.8) is 0 Å². The van der Waals surface area contributed by atoms with Crippen LogP contribution >= 0.6 is 0 Å². The van der Waals surface area contributed by atoms with E-state index >= 15 is 0 Å². The third-order valence-corrected chi connectivity index (χ3v) is 3.27. The van der Waals surface area contributed by atoms with Gasteiger partial charge >= 0.3 is 0 Å². The van der Waals surface area contributed by atoms with Crippen LogP contribution in [0.25, 0.3) is 0 Å². The molecule has 2 atom stereocenters. The van der Waals surface area contributed by atoms with E-state index in [0.29, 0.717) is 0 Å². The zero-order valence-electron chi connectivity index (χ0n) is 8.87. The van der Waals surface area contributed by atoms with Gasteiger partial charge < -0.3 is 5.32 Å². The Morgan fingerprint density at radius 1 is 1.21 bits per heavy atom. The molecule has 76 valence electrons. The van der Waals surface area contributed by atoms with Crippen molar-refractivity contribution in [2.45, 2.75) is 38.8 Å². The molecule has 0 heterocycles. The van der Waals surface area contributed by atoms with Crippen molar-refractivity contribution in [2.75, 3.05) is 0 Å². The summed E-state index contributed by atoms with van der Waals surface area (Å²) in [6.07, 6.45) is 4.15. The lowest BCUT2D eigenvalue weighted by Crippen LogP contribution is -2.30. The number of hydrogen-bond donors (Lipinski definition) is 1. The smallest absolute Gasteiger partial charge is 0.0208 e. The van der Waals surface area contributed by atoms with Gasteiger partial charge in [0.1, 0.15) is 0 Å². The normalized spacial score (nSPS) is 26.6. The van der Waals surface area contributed by atoms with E-state index in [1.807, 2.05) is 0 Å². The number of nitrogens with one attached hydrogen (secondary N) is 1.